The van der Waals surface area contributed by atoms with Crippen LogP contribution in [0.25, 0.3) is 0 Å². The van der Waals surface area contributed by atoms with E-state index in [4.69, 9.17) is 4.74 Å². The molecule has 19 heavy (non-hydrogen) atoms. The lowest BCUT2D eigenvalue weighted by atomic mass is 9.80. The minimum Gasteiger partial charge on any atom is -0.496 e. The van der Waals surface area contributed by atoms with Gasteiger partial charge in [0.2, 0.25) is 0 Å². The zero-order valence-electron chi connectivity index (χ0n) is 12.5. The summed E-state index contributed by atoms with van der Waals surface area (Å²) in [6.45, 7) is 6.63. The zero-order valence-corrected chi connectivity index (χ0v) is 12.5. The molecule has 0 amide bonds. The Kier molecular flexibility index (Phi) is 5.26. The summed E-state index contributed by atoms with van der Waals surface area (Å²) in [6, 6.07) is 6.44. The van der Waals surface area contributed by atoms with Crippen molar-refractivity contribution in [3.05, 3.63) is 29.3 Å². The van der Waals surface area contributed by atoms with Gasteiger partial charge in [-0.25, -0.2) is 0 Å². The normalized spacial score (nSPS) is 23.3. The summed E-state index contributed by atoms with van der Waals surface area (Å²) in [4.78, 5) is 0. The Hall–Kier alpha value is -1.02. The molecule has 0 spiro atoms. The van der Waals surface area contributed by atoms with Crippen LogP contribution < -0.4 is 10.1 Å². The molecule has 2 atom stereocenters. The van der Waals surface area contributed by atoms with Crippen LogP contribution >= 0.6 is 0 Å². The summed E-state index contributed by atoms with van der Waals surface area (Å²) in [6.07, 6.45) is 5.65. The first-order valence-corrected chi connectivity index (χ1v) is 7.55. The van der Waals surface area contributed by atoms with Gasteiger partial charge in [0.15, 0.2) is 0 Å². The van der Waals surface area contributed by atoms with Gasteiger partial charge in [-0.05, 0) is 48.9 Å². The van der Waals surface area contributed by atoms with Crippen LogP contribution in [0.15, 0.2) is 18.2 Å². The molecule has 0 aromatic heterocycles. The van der Waals surface area contributed by atoms with Gasteiger partial charge in [0.05, 0.1) is 7.11 Å². The lowest BCUT2D eigenvalue weighted by Gasteiger charge is -2.28. The number of hydrogen-bond donors (Lipinski definition) is 1. The molecule has 0 aliphatic heterocycles. The molecule has 1 aromatic rings. The first kappa shape index (κ1) is 14.4. The van der Waals surface area contributed by atoms with Crippen molar-refractivity contribution in [2.75, 3.05) is 13.7 Å². The summed E-state index contributed by atoms with van der Waals surface area (Å²) < 4.78 is 5.29. The highest BCUT2D eigenvalue weighted by molar-refractivity contribution is 5.36. The van der Waals surface area contributed by atoms with Gasteiger partial charge in [-0.2, -0.15) is 0 Å². The van der Waals surface area contributed by atoms with Crippen molar-refractivity contribution in [1.29, 1.82) is 0 Å². The Morgan fingerprint density at radius 2 is 2.05 bits per heavy atom. The van der Waals surface area contributed by atoms with Gasteiger partial charge in [0, 0.05) is 6.54 Å². The van der Waals surface area contributed by atoms with Crippen molar-refractivity contribution >= 4 is 0 Å². The molecule has 0 heterocycles. The van der Waals surface area contributed by atoms with Gasteiger partial charge in [-0.1, -0.05) is 38.3 Å². The fourth-order valence-electron chi connectivity index (χ4n) is 3.15. The molecule has 1 aliphatic rings. The van der Waals surface area contributed by atoms with Crippen molar-refractivity contribution in [3.8, 4) is 5.75 Å². The van der Waals surface area contributed by atoms with E-state index in [0.29, 0.717) is 0 Å². The number of hydrogen-bond acceptors (Lipinski definition) is 2. The Morgan fingerprint density at radius 1 is 1.26 bits per heavy atom. The third-order valence-corrected chi connectivity index (χ3v) is 4.48. The van der Waals surface area contributed by atoms with Crippen molar-refractivity contribution in [2.24, 2.45) is 11.8 Å². The smallest absolute Gasteiger partial charge is 0.121 e. The number of benzene rings is 1. The molecule has 1 saturated carbocycles. The Bertz CT molecular complexity index is 402. The minimum absolute atomic E-state index is 0.869. The van der Waals surface area contributed by atoms with Crippen LogP contribution in [0, 0.1) is 18.8 Å². The molecule has 2 unspecified atom stereocenters. The highest BCUT2D eigenvalue weighted by atomic mass is 16.5. The van der Waals surface area contributed by atoms with Gasteiger partial charge in [-0.15, -0.1) is 0 Å². The van der Waals surface area contributed by atoms with Crippen LogP contribution in [0.5, 0.6) is 5.75 Å². The van der Waals surface area contributed by atoms with E-state index in [9.17, 15) is 0 Å². The number of aryl methyl sites for hydroxylation is 1. The van der Waals surface area contributed by atoms with Gasteiger partial charge in [0.1, 0.15) is 5.75 Å². The van der Waals surface area contributed by atoms with Crippen molar-refractivity contribution in [1.82, 2.24) is 5.32 Å². The SMILES string of the molecule is COc1ccc(CNCC2CCCCC2C)cc1C. The van der Waals surface area contributed by atoms with Crippen LogP contribution in [0.4, 0.5) is 0 Å². The first-order chi connectivity index (χ1) is 9.20. The highest BCUT2D eigenvalue weighted by Crippen LogP contribution is 2.29. The van der Waals surface area contributed by atoms with E-state index in [1.165, 1.54) is 36.8 Å². The van der Waals surface area contributed by atoms with Gasteiger partial charge in [-0.3, -0.25) is 0 Å². The summed E-state index contributed by atoms with van der Waals surface area (Å²) in [5.74, 6) is 2.73. The molecule has 2 heteroatoms. The van der Waals surface area contributed by atoms with Gasteiger partial charge < -0.3 is 10.1 Å². The molecule has 0 radical (unpaired) electrons. The Balaban J connectivity index is 1.80. The summed E-state index contributed by atoms with van der Waals surface area (Å²) in [7, 11) is 1.73. The van der Waals surface area contributed by atoms with Crippen LogP contribution in [0.1, 0.15) is 43.7 Å². The number of nitrogens with one attached hydrogen (secondary N) is 1. The van der Waals surface area contributed by atoms with E-state index in [0.717, 1.165) is 30.7 Å². The topological polar surface area (TPSA) is 21.3 Å². The molecule has 2 nitrogen and oxygen atoms in total. The predicted molar refractivity (Wildman–Crippen MR) is 80.6 cm³/mol. The Morgan fingerprint density at radius 3 is 2.74 bits per heavy atom. The van der Waals surface area contributed by atoms with Crippen LogP contribution in [-0.2, 0) is 6.54 Å². The highest BCUT2D eigenvalue weighted by Gasteiger charge is 2.20. The average Bonchev–Trinajstić information content (AvgIpc) is 2.41. The first-order valence-electron chi connectivity index (χ1n) is 7.55. The maximum absolute atomic E-state index is 5.29. The molecule has 0 saturated heterocycles. The standard InChI is InChI=1S/C17H27NO/c1-13-6-4-5-7-16(13)12-18-11-15-8-9-17(19-3)14(2)10-15/h8-10,13,16,18H,4-7,11-12H2,1-3H3. The van der Waals surface area contributed by atoms with E-state index < -0.39 is 0 Å². The predicted octanol–water partition coefficient (Wildman–Crippen LogP) is 3.92. The van der Waals surface area contributed by atoms with Crippen molar-refractivity contribution < 1.29 is 4.74 Å². The van der Waals surface area contributed by atoms with E-state index in [-0.39, 0.29) is 0 Å². The number of methoxy groups -OCH3 is 1. The Labute approximate surface area is 117 Å². The zero-order chi connectivity index (χ0) is 13.7. The maximum atomic E-state index is 5.29. The monoisotopic (exact) mass is 261 g/mol. The minimum atomic E-state index is 0.869. The van der Waals surface area contributed by atoms with E-state index in [1.807, 2.05) is 0 Å². The summed E-state index contributed by atoms with van der Waals surface area (Å²) in [5, 5.41) is 3.63. The van der Waals surface area contributed by atoms with Crippen LogP contribution in [-0.4, -0.2) is 13.7 Å². The fourth-order valence-corrected chi connectivity index (χ4v) is 3.15. The van der Waals surface area contributed by atoms with Gasteiger partial charge in [0.25, 0.3) is 0 Å². The van der Waals surface area contributed by atoms with Crippen LogP contribution in [0.3, 0.4) is 0 Å². The number of ether oxygens (including phenoxy) is 1. The summed E-state index contributed by atoms with van der Waals surface area (Å²) in [5.41, 5.74) is 2.56. The molecular weight excluding hydrogens is 234 g/mol. The van der Waals surface area contributed by atoms with E-state index in [1.54, 1.807) is 7.11 Å². The van der Waals surface area contributed by atoms with Crippen LogP contribution in [0.2, 0.25) is 0 Å². The number of rotatable bonds is 5. The molecule has 1 fully saturated rings. The molecule has 1 N–H and O–H groups in total. The lowest BCUT2D eigenvalue weighted by Crippen LogP contribution is -2.29. The van der Waals surface area contributed by atoms with E-state index in [2.05, 4.69) is 37.4 Å². The quantitative estimate of drug-likeness (QED) is 0.867. The largest absolute Gasteiger partial charge is 0.496 e. The molecule has 1 aliphatic carbocycles. The molecule has 2 rings (SSSR count). The fraction of sp³-hybridized carbons (Fsp3) is 0.647. The van der Waals surface area contributed by atoms with Crippen molar-refractivity contribution in [2.45, 2.75) is 46.1 Å². The lowest BCUT2D eigenvalue weighted by molar-refractivity contribution is 0.247. The third kappa shape index (κ3) is 3.97. The molecule has 0 bridgehead atoms. The second-order valence-corrected chi connectivity index (χ2v) is 5.96. The van der Waals surface area contributed by atoms with E-state index >= 15 is 0 Å². The third-order valence-electron chi connectivity index (χ3n) is 4.48. The maximum Gasteiger partial charge on any atom is 0.121 e. The van der Waals surface area contributed by atoms with Gasteiger partial charge >= 0.3 is 0 Å². The average molecular weight is 261 g/mol. The molecule has 106 valence electrons. The second-order valence-electron chi connectivity index (χ2n) is 5.96. The molecule has 1 aromatic carbocycles. The molecular formula is C17H27NO. The van der Waals surface area contributed by atoms with Crippen molar-refractivity contribution in [3.63, 3.8) is 0 Å². The summed E-state index contributed by atoms with van der Waals surface area (Å²) >= 11 is 0. The second kappa shape index (κ2) is 6.95.